The lowest BCUT2D eigenvalue weighted by Crippen LogP contribution is -2.39. The third kappa shape index (κ3) is 7.10. The summed E-state index contributed by atoms with van der Waals surface area (Å²) < 4.78 is 10.2. The highest BCUT2D eigenvalue weighted by Crippen LogP contribution is 2.11. The molecule has 168 valence electrons. The Balaban J connectivity index is 1.65. The van der Waals surface area contributed by atoms with Gasteiger partial charge in [0.05, 0.1) is 18.4 Å². The summed E-state index contributed by atoms with van der Waals surface area (Å²) in [5.41, 5.74) is 2.74. The predicted molar refractivity (Wildman–Crippen MR) is 123 cm³/mol. The molecular formula is C26H30N2O4. The Morgan fingerprint density at radius 1 is 0.844 bits per heavy atom. The highest BCUT2D eigenvalue weighted by molar-refractivity contribution is 5.94. The number of carbonyl (C=O) groups excluding carboxylic acids is 2. The fourth-order valence-electron chi connectivity index (χ4n) is 3.48. The molecule has 3 aromatic rings. The second-order valence-corrected chi connectivity index (χ2v) is 7.58. The van der Waals surface area contributed by atoms with Crippen LogP contribution in [0.5, 0.6) is 0 Å². The van der Waals surface area contributed by atoms with Crippen molar-refractivity contribution < 1.29 is 18.7 Å². The maximum absolute atomic E-state index is 13.2. The van der Waals surface area contributed by atoms with E-state index in [9.17, 15) is 9.59 Å². The maximum Gasteiger partial charge on any atom is 0.257 e. The van der Waals surface area contributed by atoms with Crippen LogP contribution in [0, 0.1) is 0 Å². The summed E-state index contributed by atoms with van der Waals surface area (Å²) >= 11 is 0. The minimum atomic E-state index is -0.164. The molecule has 0 N–H and O–H groups in total. The van der Waals surface area contributed by atoms with Gasteiger partial charge in [-0.05, 0) is 23.6 Å². The normalized spacial score (nSPS) is 10.7. The van der Waals surface area contributed by atoms with Gasteiger partial charge in [0, 0.05) is 39.7 Å². The first kappa shape index (κ1) is 23.3. The number of nitrogens with zero attached hydrogens (tertiary/aromatic N) is 2. The molecule has 0 aliphatic rings. The molecule has 1 heterocycles. The summed E-state index contributed by atoms with van der Waals surface area (Å²) in [7, 11) is 1.59. The van der Waals surface area contributed by atoms with Gasteiger partial charge in [0.1, 0.15) is 6.26 Å². The van der Waals surface area contributed by atoms with Gasteiger partial charge in [0.25, 0.3) is 5.91 Å². The van der Waals surface area contributed by atoms with Gasteiger partial charge in [0.2, 0.25) is 5.91 Å². The predicted octanol–water partition coefficient (Wildman–Crippen LogP) is 4.03. The molecule has 0 aliphatic carbocycles. The summed E-state index contributed by atoms with van der Waals surface area (Å²) in [5.74, 6) is -0.144. The zero-order valence-electron chi connectivity index (χ0n) is 18.5. The smallest absolute Gasteiger partial charge is 0.257 e. The monoisotopic (exact) mass is 434 g/mol. The first-order valence-corrected chi connectivity index (χ1v) is 10.8. The Kier molecular flexibility index (Phi) is 9.07. The van der Waals surface area contributed by atoms with E-state index in [2.05, 4.69) is 12.1 Å². The number of rotatable bonds is 12. The zero-order valence-corrected chi connectivity index (χ0v) is 18.5. The summed E-state index contributed by atoms with van der Waals surface area (Å²) in [6.45, 7) is 2.30. The van der Waals surface area contributed by atoms with E-state index in [1.165, 1.54) is 18.1 Å². The number of ether oxygens (including phenoxy) is 1. The minimum absolute atomic E-state index is 0.0206. The maximum atomic E-state index is 13.2. The van der Waals surface area contributed by atoms with E-state index in [-0.39, 0.29) is 18.2 Å². The van der Waals surface area contributed by atoms with Crippen LogP contribution in [0.3, 0.4) is 0 Å². The van der Waals surface area contributed by atoms with Crippen molar-refractivity contribution in [3.63, 3.8) is 0 Å². The summed E-state index contributed by atoms with van der Waals surface area (Å²) in [4.78, 5) is 29.5. The van der Waals surface area contributed by atoms with Crippen molar-refractivity contribution in [2.24, 2.45) is 0 Å². The van der Waals surface area contributed by atoms with Crippen LogP contribution in [0.15, 0.2) is 83.7 Å². The van der Waals surface area contributed by atoms with Crippen LogP contribution in [0.1, 0.15) is 27.9 Å². The number of hydrogen-bond donors (Lipinski definition) is 0. The Bertz CT molecular complexity index is 942. The molecule has 0 aliphatic heterocycles. The van der Waals surface area contributed by atoms with Crippen molar-refractivity contribution in [3.8, 4) is 0 Å². The van der Waals surface area contributed by atoms with E-state index in [0.29, 0.717) is 38.3 Å². The van der Waals surface area contributed by atoms with Gasteiger partial charge in [-0.1, -0.05) is 60.7 Å². The van der Waals surface area contributed by atoms with Crippen LogP contribution < -0.4 is 0 Å². The quantitative estimate of drug-likeness (QED) is 0.432. The standard InChI is InChI=1S/C26H30N2O4/c1-31-19-17-27(26(30)24-14-18-32-21-24)16-13-25(29)28(20-23-10-6-3-7-11-23)15-12-22-8-4-2-5-9-22/h2-11,14,18,21H,12-13,15-17,19-20H2,1H3. The van der Waals surface area contributed by atoms with Gasteiger partial charge >= 0.3 is 0 Å². The van der Waals surface area contributed by atoms with Gasteiger partial charge in [-0.15, -0.1) is 0 Å². The lowest BCUT2D eigenvalue weighted by atomic mass is 10.1. The molecule has 0 atom stereocenters. The van der Waals surface area contributed by atoms with E-state index < -0.39 is 0 Å². The molecule has 0 saturated carbocycles. The molecule has 6 nitrogen and oxygen atoms in total. The second kappa shape index (κ2) is 12.5. The first-order chi connectivity index (χ1) is 15.7. The van der Waals surface area contributed by atoms with Crippen LogP contribution in [-0.2, 0) is 22.5 Å². The molecule has 6 heteroatoms. The topological polar surface area (TPSA) is 63.0 Å². The molecule has 0 bridgehead atoms. The fourth-order valence-corrected chi connectivity index (χ4v) is 3.48. The van der Waals surface area contributed by atoms with E-state index in [4.69, 9.17) is 9.15 Å². The van der Waals surface area contributed by atoms with E-state index in [0.717, 1.165) is 12.0 Å². The zero-order chi connectivity index (χ0) is 22.6. The Morgan fingerprint density at radius 2 is 1.53 bits per heavy atom. The van der Waals surface area contributed by atoms with E-state index in [1.807, 2.05) is 53.4 Å². The molecule has 0 spiro atoms. The average Bonchev–Trinajstić information content (AvgIpc) is 3.37. The van der Waals surface area contributed by atoms with Gasteiger partial charge in [-0.2, -0.15) is 0 Å². The van der Waals surface area contributed by atoms with Crippen molar-refractivity contribution in [2.75, 3.05) is 33.4 Å². The molecule has 32 heavy (non-hydrogen) atoms. The lowest BCUT2D eigenvalue weighted by Gasteiger charge is -2.26. The highest BCUT2D eigenvalue weighted by atomic mass is 16.5. The van der Waals surface area contributed by atoms with Crippen LogP contribution in [-0.4, -0.2) is 55.0 Å². The summed E-state index contributed by atoms with van der Waals surface area (Å²) in [6.07, 6.45) is 3.92. The summed E-state index contributed by atoms with van der Waals surface area (Å²) in [6, 6.07) is 21.7. The molecule has 2 aromatic carbocycles. The molecule has 0 unspecified atom stereocenters. The van der Waals surface area contributed by atoms with Crippen LogP contribution in [0.4, 0.5) is 0 Å². The van der Waals surface area contributed by atoms with Gasteiger partial charge in [-0.3, -0.25) is 9.59 Å². The largest absolute Gasteiger partial charge is 0.472 e. The lowest BCUT2D eigenvalue weighted by molar-refractivity contribution is -0.132. The molecular weight excluding hydrogens is 404 g/mol. The molecule has 1 aromatic heterocycles. The Labute approximate surface area is 189 Å². The SMILES string of the molecule is COCCN(CCC(=O)N(CCc1ccccc1)Cc1ccccc1)C(=O)c1ccoc1. The van der Waals surface area contributed by atoms with Crippen molar-refractivity contribution in [1.29, 1.82) is 0 Å². The number of carbonyl (C=O) groups is 2. The molecule has 3 rings (SSSR count). The third-order valence-electron chi connectivity index (χ3n) is 5.30. The number of hydrogen-bond acceptors (Lipinski definition) is 4. The number of benzene rings is 2. The second-order valence-electron chi connectivity index (χ2n) is 7.58. The van der Waals surface area contributed by atoms with E-state index >= 15 is 0 Å². The van der Waals surface area contributed by atoms with Crippen LogP contribution in [0.25, 0.3) is 0 Å². The molecule has 0 radical (unpaired) electrons. The first-order valence-electron chi connectivity index (χ1n) is 10.8. The van der Waals surface area contributed by atoms with Crippen molar-refractivity contribution >= 4 is 11.8 Å². The number of amides is 2. The Morgan fingerprint density at radius 3 is 2.16 bits per heavy atom. The van der Waals surface area contributed by atoms with Crippen LogP contribution >= 0.6 is 0 Å². The van der Waals surface area contributed by atoms with E-state index in [1.54, 1.807) is 18.1 Å². The van der Waals surface area contributed by atoms with Crippen LogP contribution in [0.2, 0.25) is 0 Å². The molecule has 0 fully saturated rings. The average molecular weight is 435 g/mol. The van der Waals surface area contributed by atoms with Crippen molar-refractivity contribution in [3.05, 3.63) is 95.9 Å². The molecule has 0 saturated heterocycles. The van der Waals surface area contributed by atoms with Gasteiger partial charge in [-0.25, -0.2) is 0 Å². The van der Waals surface area contributed by atoms with Crippen molar-refractivity contribution in [2.45, 2.75) is 19.4 Å². The Hall–Kier alpha value is -3.38. The number of methoxy groups -OCH3 is 1. The molecule has 2 amide bonds. The number of furan rings is 1. The summed E-state index contributed by atoms with van der Waals surface area (Å²) in [5, 5.41) is 0. The minimum Gasteiger partial charge on any atom is -0.472 e. The van der Waals surface area contributed by atoms with Crippen molar-refractivity contribution in [1.82, 2.24) is 9.80 Å². The fraction of sp³-hybridized carbons (Fsp3) is 0.308. The third-order valence-corrected chi connectivity index (χ3v) is 5.30. The van der Waals surface area contributed by atoms with Gasteiger partial charge < -0.3 is 19.0 Å². The van der Waals surface area contributed by atoms with Gasteiger partial charge in [0.15, 0.2) is 0 Å². The highest BCUT2D eigenvalue weighted by Gasteiger charge is 2.20.